The van der Waals surface area contributed by atoms with E-state index < -0.39 is 0 Å². The molecule has 1 aliphatic rings. The fourth-order valence-electron chi connectivity index (χ4n) is 3.70. The van der Waals surface area contributed by atoms with E-state index in [-0.39, 0.29) is 0 Å². The Balaban J connectivity index is 1.54. The smallest absolute Gasteiger partial charge is 0.192 e. The van der Waals surface area contributed by atoms with Crippen LogP contribution in [0, 0.1) is 6.92 Å². The predicted octanol–water partition coefficient (Wildman–Crippen LogP) is 3.54. The fourth-order valence-corrected chi connectivity index (χ4v) is 3.70. The largest absolute Gasteiger partial charge is 0.441 e. The number of nitrogens with zero attached hydrogens (tertiary/aromatic N) is 4. The number of pyridine rings is 2. The molecule has 0 unspecified atom stereocenters. The van der Waals surface area contributed by atoms with Gasteiger partial charge in [-0.2, -0.15) is 0 Å². The third-order valence-corrected chi connectivity index (χ3v) is 5.05. The summed E-state index contributed by atoms with van der Waals surface area (Å²) in [6.45, 7) is 7.02. The summed E-state index contributed by atoms with van der Waals surface area (Å²) in [7, 11) is 0. The molecule has 0 amide bonds. The van der Waals surface area contributed by atoms with E-state index in [1.54, 1.807) is 0 Å². The fraction of sp³-hybridized carbons (Fsp3) is 0.286. The zero-order valence-electron chi connectivity index (χ0n) is 15.4. The van der Waals surface area contributed by atoms with Gasteiger partial charge in [0.25, 0.3) is 0 Å². The Morgan fingerprint density at radius 1 is 1.07 bits per heavy atom. The maximum atomic E-state index is 5.57. The van der Waals surface area contributed by atoms with Crippen molar-refractivity contribution in [3.63, 3.8) is 0 Å². The van der Waals surface area contributed by atoms with E-state index in [9.17, 15) is 0 Å². The lowest BCUT2D eigenvalue weighted by Gasteiger charge is -2.33. The summed E-state index contributed by atoms with van der Waals surface area (Å²) in [5, 5.41) is 3.47. The number of benzene rings is 1. The van der Waals surface area contributed by atoms with Gasteiger partial charge in [0.05, 0.1) is 28.6 Å². The van der Waals surface area contributed by atoms with Crippen molar-refractivity contribution in [3.05, 3.63) is 48.5 Å². The van der Waals surface area contributed by atoms with Gasteiger partial charge in [0.1, 0.15) is 5.52 Å². The predicted molar refractivity (Wildman–Crippen MR) is 107 cm³/mol. The first-order chi connectivity index (χ1) is 13.2. The Morgan fingerprint density at radius 3 is 2.89 bits per heavy atom. The van der Waals surface area contributed by atoms with Crippen molar-refractivity contribution in [2.75, 3.05) is 24.5 Å². The number of aryl methyl sites for hydroxylation is 1. The second kappa shape index (κ2) is 6.32. The van der Waals surface area contributed by atoms with Crippen molar-refractivity contribution in [1.82, 2.24) is 20.3 Å². The topological polar surface area (TPSA) is 67.1 Å². The number of aromatic nitrogens is 3. The van der Waals surface area contributed by atoms with E-state index in [1.807, 2.05) is 43.5 Å². The summed E-state index contributed by atoms with van der Waals surface area (Å²) < 4.78 is 5.57. The van der Waals surface area contributed by atoms with Crippen molar-refractivity contribution in [2.45, 2.75) is 19.9 Å². The number of hydrogen-bond donors (Lipinski definition) is 1. The molecule has 1 saturated heterocycles. The minimum Gasteiger partial charge on any atom is -0.441 e. The molecule has 6 heteroatoms. The van der Waals surface area contributed by atoms with Crippen LogP contribution in [0.4, 0.5) is 5.69 Å². The lowest BCUT2D eigenvalue weighted by molar-refractivity contribution is 0.484. The monoisotopic (exact) mass is 359 g/mol. The van der Waals surface area contributed by atoms with E-state index >= 15 is 0 Å². The number of oxazole rings is 1. The van der Waals surface area contributed by atoms with Crippen LogP contribution in [0.15, 0.2) is 47.0 Å². The van der Waals surface area contributed by atoms with Crippen molar-refractivity contribution in [3.8, 4) is 11.3 Å². The molecular weight excluding hydrogens is 338 g/mol. The molecule has 1 N–H and O–H groups in total. The number of hydrogen-bond acceptors (Lipinski definition) is 6. The minimum absolute atomic E-state index is 0.478. The highest BCUT2D eigenvalue weighted by Crippen LogP contribution is 2.26. The van der Waals surface area contributed by atoms with Gasteiger partial charge < -0.3 is 14.6 Å². The van der Waals surface area contributed by atoms with Gasteiger partial charge in [0.2, 0.25) is 0 Å². The molecule has 0 radical (unpaired) electrons. The van der Waals surface area contributed by atoms with Crippen molar-refractivity contribution >= 4 is 27.8 Å². The summed E-state index contributed by atoms with van der Waals surface area (Å²) in [6.07, 6.45) is 1.95. The van der Waals surface area contributed by atoms with Gasteiger partial charge in [-0.1, -0.05) is 0 Å². The Kier molecular flexibility index (Phi) is 3.79. The normalized spacial score (nSPS) is 17.7. The molecule has 1 fully saturated rings. The lowest BCUT2D eigenvalue weighted by Crippen LogP contribution is -2.49. The first kappa shape index (κ1) is 16.2. The molecule has 27 heavy (non-hydrogen) atoms. The summed E-state index contributed by atoms with van der Waals surface area (Å²) in [5.41, 5.74) is 6.54. The van der Waals surface area contributed by atoms with Gasteiger partial charge >= 0.3 is 0 Å². The van der Waals surface area contributed by atoms with Crippen molar-refractivity contribution in [1.29, 1.82) is 0 Å². The molecule has 1 aromatic carbocycles. The Hall–Kier alpha value is -2.99. The maximum Gasteiger partial charge on any atom is 0.192 e. The number of fused-ring (bicyclic) bond motifs is 2. The summed E-state index contributed by atoms with van der Waals surface area (Å²) in [5.74, 6) is 0.674. The second-order valence-electron chi connectivity index (χ2n) is 7.14. The van der Waals surface area contributed by atoms with Gasteiger partial charge in [-0.3, -0.25) is 4.98 Å². The van der Waals surface area contributed by atoms with Crippen LogP contribution in [0.1, 0.15) is 12.8 Å². The first-order valence-corrected chi connectivity index (χ1v) is 9.28. The number of rotatable bonds is 2. The van der Waals surface area contributed by atoms with E-state index in [0.717, 1.165) is 58.7 Å². The first-order valence-electron chi connectivity index (χ1n) is 9.28. The molecular formula is C21H21N5O. The maximum absolute atomic E-state index is 5.57. The van der Waals surface area contributed by atoms with Crippen LogP contribution >= 0.6 is 0 Å². The molecule has 0 bridgehead atoms. The van der Waals surface area contributed by atoms with Crippen molar-refractivity contribution < 1.29 is 4.42 Å². The van der Waals surface area contributed by atoms with Gasteiger partial charge in [-0.15, -0.1) is 0 Å². The van der Waals surface area contributed by atoms with E-state index in [4.69, 9.17) is 9.40 Å². The summed E-state index contributed by atoms with van der Waals surface area (Å²) >= 11 is 0. The Bertz CT molecular complexity index is 1140. The van der Waals surface area contributed by atoms with Gasteiger partial charge in [0, 0.05) is 38.2 Å². The third kappa shape index (κ3) is 3.02. The summed E-state index contributed by atoms with van der Waals surface area (Å²) in [4.78, 5) is 16.3. The standard InChI is InChI=1S/C21H21N5O/c1-13-12-26(8-7-22-13)16-10-19-18(23-11-16)5-4-17(25-19)15-3-6-21-20(9-15)24-14(2)27-21/h3-6,9-11,13,22H,7-8,12H2,1-2H3/t13-/m0/s1. The van der Waals surface area contributed by atoms with Crippen LogP contribution in [0.2, 0.25) is 0 Å². The Labute approximate surface area is 157 Å². The molecule has 136 valence electrons. The molecule has 5 rings (SSSR count). The van der Waals surface area contributed by atoms with E-state index in [2.05, 4.69) is 33.2 Å². The van der Waals surface area contributed by atoms with Crippen LogP contribution in [0.25, 0.3) is 33.4 Å². The average molecular weight is 359 g/mol. The molecule has 0 saturated carbocycles. The lowest BCUT2D eigenvalue weighted by atomic mass is 10.1. The highest BCUT2D eigenvalue weighted by atomic mass is 16.3. The quantitative estimate of drug-likeness (QED) is 0.590. The average Bonchev–Trinajstić information content (AvgIpc) is 3.06. The molecule has 4 heterocycles. The molecule has 6 nitrogen and oxygen atoms in total. The number of piperazine rings is 1. The van der Waals surface area contributed by atoms with Crippen LogP contribution in [0.5, 0.6) is 0 Å². The van der Waals surface area contributed by atoms with Crippen LogP contribution in [0.3, 0.4) is 0 Å². The van der Waals surface area contributed by atoms with Crippen LogP contribution in [-0.4, -0.2) is 40.6 Å². The highest BCUT2D eigenvalue weighted by Gasteiger charge is 2.17. The number of anilines is 1. The van der Waals surface area contributed by atoms with Crippen LogP contribution in [-0.2, 0) is 0 Å². The second-order valence-corrected chi connectivity index (χ2v) is 7.14. The minimum atomic E-state index is 0.478. The SMILES string of the molecule is Cc1nc2cc(-c3ccc4ncc(N5CCN[C@@H](C)C5)cc4n3)ccc2o1. The van der Waals surface area contributed by atoms with E-state index in [0.29, 0.717) is 11.9 Å². The molecule has 1 aliphatic heterocycles. The molecule has 0 spiro atoms. The van der Waals surface area contributed by atoms with Gasteiger partial charge in [0.15, 0.2) is 11.5 Å². The zero-order valence-corrected chi connectivity index (χ0v) is 15.4. The number of nitrogens with one attached hydrogen (secondary N) is 1. The highest BCUT2D eigenvalue weighted by molar-refractivity contribution is 5.84. The van der Waals surface area contributed by atoms with Crippen LogP contribution < -0.4 is 10.2 Å². The van der Waals surface area contributed by atoms with Crippen molar-refractivity contribution in [2.24, 2.45) is 0 Å². The molecule has 0 aliphatic carbocycles. The zero-order chi connectivity index (χ0) is 18.4. The molecule has 3 aromatic heterocycles. The summed E-state index contributed by atoms with van der Waals surface area (Å²) in [6, 6.07) is 12.7. The van der Waals surface area contributed by atoms with Gasteiger partial charge in [-0.05, 0) is 43.3 Å². The van der Waals surface area contributed by atoms with E-state index in [1.165, 1.54) is 0 Å². The molecule has 1 atom stereocenters. The third-order valence-electron chi connectivity index (χ3n) is 5.05. The molecule has 4 aromatic rings. The Morgan fingerprint density at radius 2 is 2.00 bits per heavy atom. The van der Waals surface area contributed by atoms with Gasteiger partial charge in [-0.25, -0.2) is 9.97 Å².